The topological polar surface area (TPSA) is 12.9 Å². The van der Waals surface area contributed by atoms with Gasteiger partial charge in [-0.25, -0.2) is 4.98 Å². The molecule has 2 aromatic rings. The molecule has 2 rings (SSSR count). The van der Waals surface area contributed by atoms with Gasteiger partial charge in [0.05, 0.1) is 10.2 Å². The molecule has 0 saturated heterocycles. The molecule has 1 heterocycles. The highest BCUT2D eigenvalue weighted by atomic mass is 127. The van der Waals surface area contributed by atoms with E-state index in [0.717, 1.165) is 9.86 Å². The standard InChI is InChI=1S/C8H7NS2.HI/c1-10-8-9-6-4-2-3-5-7(6)11-8;/h2-5H,1H3;1H. The number of hydrogen-bond donors (Lipinski definition) is 0. The van der Waals surface area contributed by atoms with E-state index in [1.54, 1.807) is 23.1 Å². The van der Waals surface area contributed by atoms with E-state index >= 15 is 0 Å². The first kappa shape index (κ1) is 10.3. The summed E-state index contributed by atoms with van der Waals surface area (Å²) >= 11 is 3.45. The minimum Gasteiger partial charge on any atom is -0.230 e. The van der Waals surface area contributed by atoms with Crippen molar-refractivity contribution in [2.45, 2.75) is 4.34 Å². The van der Waals surface area contributed by atoms with Crippen LogP contribution in [0.2, 0.25) is 0 Å². The molecular weight excluding hydrogens is 301 g/mol. The number of rotatable bonds is 1. The lowest BCUT2D eigenvalue weighted by Gasteiger charge is -1.80. The van der Waals surface area contributed by atoms with E-state index in [0.29, 0.717) is 0 Å². The Morgan fingerprint density at radius 3 is 2.75 bits per heavy atom. The number of nitrogens with zero attached hydrogens (tertiary/aromatic N) is 1. The first-order chi connectivity index (χ1) is 5.40. The maximum absolute atomic E-state index is 4.41. The maximum Gasteiger partial charge on any atom is 0.150 e. The molecule has 0 aliphatic rings. The highest BCUT2D eigenvalue weighted by molar-refractivity contribution is 14.0. The Morgan fingerprint density at radius 2 is 2.08 bits per heavy atom. The van der Waals surface area contributed by atoms with E-state index in [1.807, 2.05) is 18.2 Å². The van der Waals surface area contributed by atoms with Crippen molar-refractivity contribution in [1.82, 2.24) is 4.98 Å². The van der Waals surface area contributed by atoms with Gasteiger partial charge in [-0.1, -0.05) is 23.9 Å². The van der Waals surface area contributed by atoms with Crippen molar-refractivity contribution in [2.24, 2.45) is 0 Å². The molecule has 64 valence electrons. The maximum atomic E-state index is 4.41. The van der Waals surface area contributed by atoms with Gasteiger partial charge in [0.15, 0.2) is 4.34 Å². The Balaban J connectivity index is 0.000000720. The summed E-state index contributed by atoms with van der Waals surface area (Å²) in [5.74, 6) is 0. The summed E-state index contributed by atoms with van der Waals surface area (Å²) in [6.45, 7) is 0. The molecule has 0 aliphatic heterocycles. The van der Waals surface area contributed by atoms with Crippen molar-refractivity contribution < 1.29 is 0 Å². The molecule has 0 amide bonds. The predicted molar refractivity (Wildman–Crippen MR) is 66.8 cm³/mol. The van der Waals surface area contributed by atoms with Crippen molar-refractivity contribution in [1.29, 1.82) is 0 Å². The number of thioether (sulfide) groups is 1. The Morgan fingerprint density at radius 1 is 1.33 bits per heavy atom. The van der Waals surface area contributed by atoms with Crippen molar-refractivity contribution in [2.75, 3.05) is 6.26 Å². The van der Waals surface area contributed by atoms with E-state index in [4.69, 9.17) is 0 Å². The van der Waals surface area contributed by atoms with Gasteiger partial charge in [-0.15, -0.1) is 35.3 Å². The lowest BCUT2D eigenvalue weighted by molar-refractivity contribution is 1.31. The van der Waals surface area contributed by atoms with Gasteiger partial charge in [0.25, 0.3) is 0 Å². The SMILES string of the molecule is CSc1nc2ccccc2s1.I. The quantitative estimate of drug-likeness (QED) is 0.589. The number of halogens is 1. The highest BCUT2D eigenvalue weighted by Crippen LogP contribution is 2.27. The van der Waals surface area contributed by atoms with Gasteiger partial charge in [-0.05, 0) is 18.4 Å². The number of aromatic nitrogens is 1. The van der Waals surface area contributed by atoms with Gasteiger partial charge in [-0.3, -0.25) is 0 Å². The van der Waals surface area contributed by atoms with E-state index in [2.05, 4.69) is 17.3 Å². The van der Waals surface area contributed by atoms with Crippen LogP contribution >= 0.6 is 47.1 Å². The van der Waals surface area contributed by atoms with Crippen LogP contribution in [-0.4, -0.2) is 11.2 Å². The Bertz CT molecular complexity index is 339. The Kier molecular flexibility index (Phi) is 3.79. The third-order valence-corrected chi connectivity index (χ3v) is 3.47. The van der Waals surface area contributed by atoms with Gasteiger partial charge < -0.3 is 0 Å². The second-order valence-electron chi connectivity index (χ2n) is 2.15. The van der Waals surface area contributed by atoms with Gasteiger partial charge in [0.2, 0.25) is 0 Å². The molecule has 0 atom stereocenters. The zero-order chi connectivity index (χ0) is 7.68. The molecule has 1 nitrogen and oxygen atoms in total. The largest absolute Gasteiger partial charge is 0.230 e. The minimum atomic E-state index is 0. The van der Waals surface area contributed by atoms with Crippen LogP contribution in [0.15, 0.2) is 28.6 Å². The van der Waals surface area contributed by atoms with Crippen LogP contribution in [0.5, 0.6) is 0 Å². The first-order valence-corrected chi connectivity index (χ1v) is 5.34. The number of hydrogen-bond acceptors (Lipinski definition) is 3. The van der Waals surface area contributed by atoms with Crippen molar-refractivity contribution in [3.05, 3.63) is 24.3 Å². The van der Waals surface area contributed by atoms with Gasteiger partial charge >= 0.3 is 0 Å². The summed E-state index contributed by atoms with van der Waals surface area (Å²) in [4.78, 5) is 4.41. The van der Waals surface area contributed by atoms with E-state index < -0.39 is 0 Å². The van der Waals surface area contributed by atoms with E-state index in [9.17, 15) is 0 Å². The van der Waals surface area contributed by atoms with Crippen LogP contribution in [-0.2, 0) is 0 Å². The molecule has 0 saturated carbocycles. The van der Waals surface area contributed by atoms with Crippen LogP contribution in [0.1, 0.15) is 0 Å². The number of benzene rings is 1. The molecule has 0 bridgehead atoms. The van der Waals surface area contributed by atoms with Crippen LogP contribution in [0.3, 0.4) is 0 Å². The molecule has 4 heteroatoms. The molecule has 12 heavy (non-hydrogen) atoms. The molecule has 0 spiro atoms. The minimum absolute atomic E-state index is 0. The number of thiazole rings is 1. The molecule has 0 radical (unpaired) electrons. The fourth-order valence-electron chi connectivity index (χ4n) is 0.938. The summed E-state index contributed by atoms with van der Waals surface area (Å²) in [7, 11) is 0. The summed E-state index contributed by atoms with van der Waals surface area (Å²) in [6, 6.07) is 8.22. The van der Waals surface area contributed by atoms with Crippen LogP contribution in [0, 0.1) is 0 Å². The summed E-state index contributed by atoms with van der Waals surface area (Å²) in [5, 5.41) is 0. The fraction of sp³-hybridized carbons (Fsp3) is 0.125. The third kappa shape index (κ3) is 1.92. The zero-order valence-corrected chi connectivity index (χ0v) is 10.4. The summed E-state index contributed by atoms with van der Waals surface area (Å²) in [5.41, 5.74) is 1.11. The molecule has 0 aliphatic carbocycles. The van der Waals surface area contributed by atoms with Gasteiger partial charge in [0, 0.05) is 0 Å². The normalized spacial score (nSPS) is 9.75. The number of fused-ring (bicyclic) bond motifs is 1. The molecule has 0 fully saturated rings. The molecule has 1 aromatic heterocycles. The van der Waals surface area contributed by atoms with Crippen LogP contribution in [0.4, 0.5) is 0 Å². The number of para-hydroxylation sites is 1. The first-order valence-electron chi connectivity index (χ1n) is 3.30. The Hall–Kier alpha value is 0.190. The van der Waals surface area contributed by atoms with Crippen LogP contribution < -0.4 is 0 Å². The van der Waals surface area contributed by atoms with Crippen LogP contribution in [0.25, 0.3) is 10.2 Å². The van der Waals surface area contributed by atoms with Gasteiger partial charge in [-0.2, -0.15) is 0 Å². The lowest BCUT2D eigenvalue weighted by atomic mass is 10.3. The molecule has 0 unspecified atom stereocenters. The van der Waals surface area contributed by atoms with Crippen molar-refractivity contribution in [3.63, 3.8) is 0 Å². The Labute approximate surface area is 96.6 Å². The zero-order valence-electron chi connectivity index (χ0n) is 6.48. The fourth-order valence-corrected chi connectivity index (χ4v) is 2.43. The van der Waals surface area contributed by atoms with Crippen molar-refractivity contribution in [3.8, 4) is 0 Å². The monoisotopic (exact) mass is 309 g/mol. The average molecular weight is 309 g/mol. The molecule has 1 aromatic carbocycles. The molecular formula is C8H8INS2. The smallest absolute Gasteiger partial charge is 0.150 e. The summed E-state index contributed by atoms with van der Waals surface area (Å²) < 4.78 is 2.42. The predicted octanol–water partition coefficient (Wildman–Crippen LogP) is 3.64. The molecule has 0 N–H and O–H groups in total. The lowest BCUT2D eigenvalue weighted by Crippen LogP contribution is -1.65. The van der Waals surface area contributed by atoms with E-state index in [1.165, 1.54) is 4.70 Å². The summed E-state index contributed by atoms with van der Waals surface area (Å²) in [6.07, 6.45) is 2.05. The average Bonchev–Trinajstić information content (AvgIpc) is 2.46. The third-order valence-electron chi connectivity index (χ3n) is 1.45. The van der Waals surface area contributed by atoms with E-state index in [-0.39, 0.29) is 24.0 Å². The highest BCUT2D eigenvalue weighted by Gasteiger charge is 1.99. The van der Waals surface area contributed by atoms with Gasteiger partial charge in [0.1, 0.15) is 0 Å². The second kappa shape index (κ2) is 4.43. The second-order valence-corrected chi connectivity index (χ2v) is 4.24. The van der Waals surface area contributed by atoms with Crippen molar-refractivity contribution >= 4 is 57.3 Å².